The number of aryl methyl sites for hydroxylation is 3. The Balaban J connectivity index is 1.48. The normalized spacial score (nSPS) is 15.4. The fourth-order valence-electron chi connectivity index (χ4n) is 4.59. The monoisotopic (exact) mass is 483 g/mol. The van der Waals surface area contributed by atoms with Gasteiger partial charge in [0.05, 0.1) is 22.5 Å². The third kappa shape index (κ3) is 4.73. The molecule has 0 radical (unpaired) electrons. The van der Waals surface area contributed by atoms with Crippen LogP contribution in [0.5, 0.6) is 0 Å². The van der Waals surface area contributed by atoms with Gasteiger partial charge in [-0.2, -0.15) is 0 Å². The molecule has 9 heteroatoms. The topological polar surface area (TPSA) is 78.8 Å². The van der Waals surface area contributed by atoms with E-state index in [1.807, 2.05) is 36.9 Å². The van der Waals surface area contributed by atoms with Crippen molar-refractivity contribution in [2.24, 2.45) is 0 Å². The van der Waals surface area contributed by atoms with Gasteiger partial charge >= 0.3 is 0 Å². The largest absolute Gasteiger partial charge is 0.336 e. The van der Waals surface area contributed by atoms with Crippen LogP contribution in [-0.2, 0) is 23.1 Å². The molecule has 4 rings (SSSR count). The molecule has 0 saturated carbocycles. The standard InChI is InChI=1S/C25H33N5O3S/c1-6-30-23-8-7-21(34(32,33)27(4)5)16-22(23)26-24(30)17-28-9-11-29(12-10-28)25(31)20-14-18(2)13-19(3)15-20/h7-8,13-16H,6,9-12,17H2,1-5H3. The SMILES string of the molecule is CCn1c(CN2CCN(C(=O)c3cc(C)cc(C)c3)CC2)nc2cc(S(=O)(=O)N(C)C)ccc21. The van der Waals surface area contributed by atoms with Crippen LogP contribution in [0, 0.1) is 13.8 Å². The molecule has 0 spiro atoms. The summed E-state index contributed by atoms with van der Waals surface area (Å²) in [6, 6.07) is 11.1. The number of fused-ring (bicyclic) bond motifs is 1. The molecule has 0 bridgehead atoms. The van der Waals surface area contributed by atoms with Gasteiger partial charge in [0.2, 0.25) is 10.0 Å². The van der Waals surface area contributed by atoms with Gasteiger partial charge in [0.15, 0.2) is 0 Å². The van der Waals surface area contributed by atoms with Crippen LogP contribution in [0.2, 0.25) is 0 Å². The quantitative estimate of drug-likeness (QED) is 0.539. The molecule has 1 saturated heterocycles. The number of rotatable bonds is 6. The van der Waals surface area contributed by atoms with E-state index in [9.17, 15) is 13.2 Å². The smallest absolute Gasteiger partial charge is 0.253 e. The van der Waals surface area contributed by atoms with Gasteiger partial charge in [-0.15, -0.1) is 0 Å². The summed E-state index contributed by atoms with van der Waals surface area (Å²) in [7, 11) is -0.457. The highest BCUT2D eigenvalue weighted by molar-refractivity contribution is 7.89. The number of aromatic nitrogens is 2. The van der Waals surface area contributed by atoms with Crippen molar-refractivity contribution >= 4 is 27.0 Å². The molecular weight excluding hydrogens is 450 g/mol. The first kappa shape index (κ1) is 24.4. The molecule has 182 valence electrons. The maximum Gasteiger partial charge on any atom is 0.253 e. The number of amides is 1. The molecule has 2 heterocycles. The number of piperazine rings is 1. The van der Waals surface area contributed by atoms with E-state index in [1.54, 1.807) is 12.1 Å². The fourth-order valence-corrected chi connectivity index (χ4v) is 5.52. The zero-order chi connectivity index (χ0) is 24.6. The molecule has 1 aliphatic rings. The lowest BCUT2D eigenvalue weighted by atomic mass is 10.1. The summed E-state index contributed by atoms with van der Waals surface area (Å²) >= 11 is 0. The molecule has 0 unspecified atom stereocenters. The lowest BCUT2D eigenvalue weighted by Gasteiger charge is -2.34. The number of nitrogens with zero attached hydrogens (tertiary/aromatic N) is 5. The summed E-state index contributed by atoms with van der Waals surface area (Å²) < 4.78 is 28.4. The Morgan fingerprint density at radius 1 is 1.00 bits per heavy atom. The van der Waals surface area contributed by atoms with Crippen LogP contribution in [0.1, 0.15) is 34.2 Å². The highest BCUT2D eigenvalue weighted by Crippen LogP contribution is 2.23. The molecule has 8 nitrogen and oxygen atoms in total. The first-order valence-electron chi connectivity index (χ1n) is 11.6. The molecule has 1 fully saturated rings. The minimum Gasteiger partial charge on any atom is -0.336 e. The van der Waals surface area contributed by atoms with Crippen LogP contribution >= 0.6 is 0 Å². The van der Waals surface area contributed by atoms with Crippen molar-refractivity contribution in [2.75, 3.05) is 40.3 Å². The third-order valence-electron chi connectivity index (χ3n) is 6.39. The van der Waals surface area contributed by atoms with Gasteiger partial charge in [-0.25, -0.2) is 17.7 Å². The first-order valence-corrected chi connectivity index (χ1v) is 13.1. The van der Waals surface area contributed by atoms with Crippen molar-refractivity contribution in [3.63, 3.8) is 0 Å². The van der Waals surface area contributed by atoms with Crippen LogP contribution in [0.3, 0.4) is 0 Å². The van der Waals surface area contributed by atoms with Gasteiger partial charge in [0, 0.05) is 52.4 Å². The van der Waals surface area contributed by atoms with Crippen LogP contribution < -0.4 is 0 Å². The zero-order valence-corrected chi connectivity index (χ0v) is 21.4. The van der Waals surface area contributed by atoms with Crippen molar-refractivity contribution < 1.29 is 13.2 Å². The molecule has 2 aromatic carbocycles. The summed E-state index contributed by atoms with van der Waals surface area (Å²) in [6.45, 7) is 10.4. The van der Waals surface area contributed by atoms with Gasteiger partial charge in [-0.3, -0.25) is 9.69 Å². The van der Waals surface area contributed by atoms with E-state index in [0.29, 0.717) is 25.2 Å². The van der Waals surface area contributed by atoms with E-state index in [2.05, 4.69) is 22.5 Å². The summed E-state index contributed by atoms with van der Waals surface area (Å²) in [5.74, 6) is 0.993. The summed E-state index contributed by atoms with van der Waals surface area (Å²) in [5.41, 5.74) is 4.56. The van der Waals surface area contributed by atoms with Gasteiger partial charge < -0.3 is 9.47 Å². The van der Waals surface area contributed by atoms with E-state index in [0.717, 1.165) is 47.7 Å². The van der Waals surface area contributed by atoms with Crippen molar-refractivity contribution in [2.45, 2.75) is 38.8 Å². The Labute approximate surface area is 201 Å². The lowest BCUT2D eigenvalue weighted by Crippen LogP contribution is -2.48. The van der Waals surface area contributed by atoms with E-state index < -0.39 is 10.0 Å². The molecule has 0 atom stereocenters. The summed E-state index contributed by atoms with van der Waals surface area (Å²) in [5, 5.41) is 0. The Morgan fingerprint density at radius 3 is 2.24 bits per heavy atom. The van der Waals surface area contributed by atoms with Crippen molar-refractivity contribution in [3.8, 4) is 0 Å². The highest BCUT2D eigenvalue weighted by Gasteiger charge is 2.24. The number of carbonyl (C=O) groups is 1. The lowest BCUT2D eigenvalue weighted by molar-refractivity contribution is 0.0624. The number of benzene rings is 2. The third-order valence-corrected chi connectivity index (χ3v) is 8.20. The maximum absolute atomic E-state index is 13.0. The van der Waals surface area contributed by atoms with Crippen LogP contribution in [0.15, 0.2) is 41.3 Å². The second-order valence-corrected chi connectivity index (χ2v) is 11.3. The Morgan fingerprint density at radius 2 is 1.65 bits per heavy atom. The summed E-state index contributed by atoms with van der Waals surface area (Å²) in [6.07, 6.45) is 0. The van der Waals surface area contributed by atoms with Crippen LogP contribution in [-0.4, -0.2) is 78.3 Å². The van der Waals surface area contributed by atoms with Crippen LogP contribution in [0.25, 0.3) is 11.0 Å². The minimum absolute atomic E-state index is 0.0851. The predicted molar refractivity (Wildman–Crippen MR) is 133 cm³/mol. The molecule has 1 amide bonds. The van der Waals surface area contributed by atoms with Gasteiger partial charge in [-0.05, 0) is 51.1 Å². The van der Waals surface area contributed by atoms with E-state index in [1.165, 1.54) is 18.4 Å². The van der Waals surface area contributed by atoms with Crippen molar-refractivity contribution in [1.82, 2.24) is 23.7 Å². The van der Waals surface area contributed by atoms with E-state index in [4.69, 9.17) is 4.98 Å². The molecule has 1 aromatic heterocycles. The van der Waals surface area contributed by atoms with Crippen LogP contribution in [0.4, 0.5) is 0 Å². The molecule has 0 aliphatic carbocycles. The van der Waals surface area contributed by atoms with Gasteiger partial charge in [0.25, 0.3) is 5.91 Å². The summed E-state index contributed by atoms with van der Waals surface area (Å²) in [4.78, 5) is 22.2. The van der Waals surface area contributed by atoms with Gasteiger partial charge in [0.1, 0.15) is 5.82 Å². The van der Waals surface area contributed by atoms with Crippen molar-refractivity contribution in [3.05, 3.63) is 58.9 Å². The first-order chi connectivity index (χ1) is 16.1. The number of sulfonamides is 1. The minimum atomic E-state index is -3.51. The number of imidazole rings is 1. The van der Waals surface area contributed by atoms with Crippen molar-refractivity contribution in [1.29, 1.82) is 0 Å². The zero-order valence-electron chi connectivity index (χ0n) is 20.6. The Bertz CT molecular complexity index is 1300. The number of hydrogen-bond donors (Lipinski definition) is 0. The number of hydrogen-bond acceptors (Lipinski definition) is 5. The molecule has 34 heavy (non-hydrogen) atoms. The Hall–Kier alpha value is -2.75. The second kappa shape index (κ2) is 9.48. The number of carbonyl (C=O) groups excluding carboxylic acids is 1. The molecule has 0 N–H and O–H groups in total. The molecular formula is C25H33N5O3S. The molecule has 1 aliphatic heterocycles. The van der Waals surface area contributed by atoms with E-state index in [-0.39, 0.29) is 10.8 Å². The fraction of sp³-hybridized carbons (Fsp3) is 0.440. The highest BCUT2D eigenvalue weighted by atomic mass is 32.2. The second-order valence-electron chi connectivity index (χ2n) is 9.15. The maximum atomic E-state index is 13.0. The Kier molecular flexibility index (Phi) is 6.80. The molecule has 3 aromatic rings. The predicted octanol–water partition coefficient (Wildman–Crippen LogP) is 2.88. The average Bonchev–Trinajstić information content (AvgIpc) is 3.14. The van der Waals surface area contributed by atoms with E-state index >= 15 is 0 Å². The van der Waals surface area contributed by atoms with Gasteiger partial charge in [-0.1, -0.05) is 17.2 Å². The average molecular weight is 484 g/mol.